The average molecular weight is 365 g/mol. The number of carbonyl (C=O) groups excluding carboxylic acids is 1. The number of amides is 1. The molecule has 128 valence electrons. The Bertz CT molecular complexity index is 818. The third-order valence-electron chi connectivity index (χ3n) is 4.45. The second-order valence-electron chi connectivity index (χ2n) is 6.10. The molecular weight excluding hydrogens is 346 g/mol. The lowest BCUT2D eigenvalue weighted by molar-refractivity contribution is -0.113. The molecule has 1 fully saturated rings. The molecule has 2 N–H and O–H groups in total. The van der Waals surface area contributed by atoms with Crippen molar-refractivity contribution in [2.75, 3.05) is 22.6 Å². The van der Waals surface area contributed by atoms with Crippen LogP contribution < -0.4 is 10.9 Å². The molecule has 1 unspecified atom stereocenters. The molecule has 0 bridgehead atoms. The summed E-state index contributed by atoms with van der Waals surface area (Å²) in [5.74, 6) is 3.06. The Morgan fingerprint density at radius 2 is 2.08 bits per heavy atom. The fourth-order valence-corrected chi connectivity index (χ4v) is 5.47. The number of thioether (sulfide) groups is 2. The predicted molar refractivity (Wildman–Crippen MR) is 96.8 cm³/mol. The topological polar surface area (TPSA) is 84.7 Å². The van der Waals surface area contributed by atoms with E-state index in [1.54, 1.807) is 10.9 Å². The quantitative estimate of drug-likeness (QED) is 0.847. The van der Waals surface area contributed by atoms with Gasteiger partial charge in [0.25, 0.3) is 5.56 Å². The number of rotatable bonds is 2. The summed E-state index contributed by atoms with van der Waals surface area (Å²) < 4.78 is 3.61. The average Bonchev–Trinajstić information content (AvgIpc) is 3.08. The van der Waals surface area contributed by atoms with Crippen LogP contribution in [-0.2, 0) is 11.8 Å². The second-order valence-corrected chi connectivity index (χ2v) is 8.42. The van der Waals surface area contributed by atoms with Crippen LogP contribution in [0.25, 0.3) is 0 Å². The van der Waals surface area contributed by atoms with Gasteiger partial charge in [-0.3, -0.25) is 24.1 Å². The van der Waals surface area contributed by atoms with Crippen LogP contribution >= 0.6 is 23.5 Å². The molecule has 2 aromatic heterocycles. The monoisotopic (exact) mass is 365 g/mol. The molecule has 0 aromatic carbocycles. The van der Waals surface area contributed by atoms with Crippen molar-refractivity contribution in [1.82, 2.24) is 19.6 Å². The van der Waals surface area contributed by atoms with Gasteiger partial charge in [0.05, 0.1) is 28.8 Å². The van der Waals surface area contributed by atoms with E-state index in [2.05, 4.69) is 15.5 Å². The minimum absolute atomic E-state index is 0.0643. The minimum Gasteiger partial charge on any atom is -0.310 e. The summed E-state index contributed by atoms with van der Waals surface area (Å²) in [6.07, 6.45) is 5.68. The van der Waals surface area contributed by atoms with Crippen molar-refractivity contribution in [3.8, 4) is 0 Å². The molecule has 24 heavy (non-hydrogen) atoms. The summed E-state index contributed by atoms with van der Waals surface area (Å²) in [5, 5.41) is 9.96. The van der Waals surface area contributed by atoms with E-state index in [1.165, 1.54) is 11.8 Å². The Balaban J connectivity index is 1.81. The number of aryl methyl sites for hydroxylation is 1. The normalized spacial score (nSPS) is 22.0. The Hall–Kier alpha value is -1.61. The Labute approximate surface area is 147 Å². The van der Waals surface area contributed by atoms with Gasteiger partial charge in [-0.25, -0.2) is 0 Å². The SMILES string of the molecule is Cn1cc(C2SCC(=O)Nc3c2c(=O)[nH]n3C2CCSCC2)cn1. The van der Waals surface area contributed by atoms with Crippen molar-refractivity contribution in [2.24, 2.45) is 7.05 Å². The molecule has 4 rings (SSSR count). The first kappa shape index (κ1) is 15.9. The van der Waals surface area contributed by atoms with E-state index in [-0.39, 0.29) is 22.8 Å². The summed E-state index contributed by atoms with van der Waals surface area (Å²) in [5.41, 5.74) is 1.46. The molecule has 0 radical (unpaired) electrons. The molecule has 2 aromatic rings. The molecule has 7 nitrogen and oxygen atoms in total. The number of nitrogens with one attached hydrogen (secondary N) is 2. The van der Waals surface area contributed by atoms with Gasteiger partial charge in [0.1, 0.15) is 5.82 Å². The number of aromatic nitrogens is 4. The molecule has 2 aliphatic rings. The lowest BCUT2D eigenvalue weighted by Gasteiger charge is -2.24. The molecular formula is C15H19N5O2S2. The van der Waals surface area contributed by atoms with Crippen LogP contribution in [0.4, 0.5) is 5.82 Å². The first-order chi connectivity index (χ1) is 11.6. The number of aromatic amines is 1. The standard InChI is InChI=1S/C15H19N5O2S2/c1-19-7-9(6-16-19)13-12-14(17-11(21)8-24-13)20(18-15(12)22)10-2-4-23-5-3-10/h6-7,10,13H,2-5,8H2,1H3,(H,17,21)(H,18,22). The second kappa shape index (κ2) is 6.36. The van der Waals surface area contributed by atoms with Crippen LogP contribution in [-0.4, -0.2) is 42.7 Å². The molecule has 1 atom stereocenters. The van der Waals surface area contributed by atoms with Crippen LogP contribution in [0.1, 0.15) is 35.3 Å². The Morgan fingerprint density at radius 3 is 2.79 bits per heavy atom. The van der Waals surface area contributed by atoms with Crippen LogP contribution in [0, 0.1) is 0 Å². The van der Waals surface area contributed by atoms with E-state index in [9.17, 15) is 9.59 Å². The molecule has 1 amide bonds. The Morgan fingerprint density at radius 1 is 1.29 bits per heavy atom. The van der Waals surface area contributed by atoms with Crippen molar-refractivity contribution >= 4 is 35.2 Å². The van der Waals surface area contributed by atoms with Crippen molar-refractivity contribution in [2.45, 2.75) is 24.1 Å². The maximum atomic E-state index is 12.7. The lowest BCUT2D eigenvalue weighted by atomic mass is 10.1. The molecule has 0 saturated carbocycles. The molecule has 4 heterocycles. The first-order valence-electron chi connectivity index (χ1n) is 7.95. The van der Waals surface area contributed by atoms with Gasteiger partial charge in [0, 0.05) is 18.8 Å². The summed E-state index contributed by atoms with van der Waals surface area (Å²) in [4.78, 5) is 24.9. The number of hydrogen-bond donors (Lipinski definition) is 2. The number of H-pyrrole nitrogens is 1. The summed E-state index contributed by atoms with van der Waals surface area (Å²) >= 11 is 3.41. The summed E-state index contributed by atoms with van der Waals surface area (Å²) in [7, 11) is 1.85. The van der Waals surface area contributed by atoms with E-state index in [0.29, 0.717) is 17.1 Å². The number of fused-ring (bicyclic) bond motifs is 1. The summed E-state index contributed by atoms with van der Waals surface area (Å²) in [6, 6.07) is 0.237. The molecule has 1 saturated heterocycles. The largest absolute Gasteiger partial charge is 0.310 e. The molecule has 0 spiro atoms. The Kier molecular flexibility index (Phi) is 4.21. The van der Waals surface area contributed by atoms with E-state index >= 15 is 0 Å². The zero-order valence-electron chi connectivity index (χ0n) is 13.3. The number of anilines is 1. The van der Waals surface area contributed by atoms with Crippen LogP contribution in [0.2, 0.25) is 0 Å². The third-order valence-corrected chi connectivity index (χ3v) is 6.77. The van der Waals surface area contributed by atoms with Gasteiger partial charge in [-0.15, -0.1) is 11.8 Å². The van der Waals surface area contributed by atoms with E-state index in [4.69, 9.17) is 0 Å². The number of nitrogens with zero attached hydrogens (tertiary/aromatic N) is 3. The molecule has 0 aliphatic carbocycles. The van der Waals surface area contributed by atoms with E-state index in [0.717, 1.165) is 29.9 Å². The molecule has 9 heteroatoms. The molecule has 2 aliphatic heterocycles. The van der Waals surface area contributed by atoms with Crippen molar-refractivity contribution in [1.29, 1.82) is 0 Å². The van der Waals surface area contributed by atoms with Crippen LogP contribution in [0.5, 0.6) is 0 Å². The fourth-order valence-electron chi connectivity index (χ4n) is 3.30. The van der Waals surface area contributed by atoms with Gasteiger partial charge >= 0.3 is 0 Å². The predicted octanol–water partition coefficient (Wildman–Crippen LogP) is 1.75. The van der Waals surface area contributed by atoms with Gasteiger partial charge in [0.2, 0.25) is 5.91 Å². The fraction of sp³-hybridized carbons (Fsp3) is 0.533. The third kappa shape index (κ3) is 2.79. The highest BCUT2D eigenvalue weighted by Gasteiger charge is 2.33. The van der Waals surface area contributed by atoms with E-state index < -0.39 is 0 Å². The van der Waals surface area contributed by atoms with Gasteiger partial charge < -0.3 is 5.32 Å². The first-order valence-corrected chi connectivity index (χ1v) is 10.2. The van der Waals surface area contributed by atoms with Gasteiger partial charge in [0.15, 0.2) is 0 Å². The number of carbonyl (C=O) groups is 1. The van der Waals surface area contributed by atoms with Crippen molar-refractivity contribution < 1.29 is 4.79 Å². The zero-order chi connectivity index (χ0) is 16.7. The van der Waals surface area contributed by atoms with Crippen molar-refractivity contribution in [3.05, 3.63) is 33.9 Å². The lowest BCUT2D eigenvalue weighted by Crippen LogP contribution is -2.22. The zero-order valence-corrected chi connectivity index (χ0v) is 15.0. The minimum atomic E-state index is -0.185. The van der Waals surface area contributed by atoms with Crippen molar-refractivity contribution in [3.63, 3.8) is 0 Å². The van der Waals surface area contributed by atoms with Crippen LogP contribution in [0.3, 0.4) is 0 Å². The summed E-state index contributed by atoms with van der Waals surface area (Å²) in [6.45, 7) is 0. The highest BCUT2D eigenvalue weighted by atomic mass is 32.2. The highest BCUT2D eigenvalue weighted by molar-refractivity contribution is 8.00. The van der Waals surface area contributed by atoms with Crippen LogP contribution in [0.15, 0.2) is 17.2 Å². The van der Waals surface area contributed by atoms with Gasteiger partial charge in [-0.2, -0.15) is 16.9 Å². The highest BCUT2D eigenvalue weighted by Crippen LogP contribution is 2.41. The smallest absolute Gasteiger partial charge is 0.270 e. The van der Waals surface area contributed by atoms with Gasteiger partial charge in [-0.05, 0) is 24.3 Å². The number of hydrogen-bond acceptors (Lipinski definition) is 5. The van der Waals surface area contributed by atoms with E-state index in [1.807, 2.05) is 29.7 Å². The maximum Gasteiger partial charge on any atom is 0.270 e. The maximum absolute atomic E-state index is 12.7. The van der Waals surface area contributed by atoms with Gasteiger partial charge in [-0.1, -0.05) is 0 Å².